The molecule has 1 aromatic carbocycles. The van der Waals surface area contributed by atoms with E-state index >= 15 is 0 Å². The maximum Gasteiger partial charge on any atom is 0.255 e. The second-order valence-corrected chi connectivity index (χ2v) is 6.62. The van der Waals surface area contributed by atoms with Crippen LogP contribution in [0, 0.1) is 12.8 Å². The molecule has 1 N–H and O–H groups in total. The molecular formula is C19H24N2O3. The van der Waals surface area contributed by atoms with Crippen molar-refractivity contribution < 1.29 is 14.6 Å². The van der Waals surface area contributed by atoms with E-state index in [9.17, 15) is 9.90 Å². The number of amides is 1. The average molecular weight is 328 g/mol. The van der Waals surface area contributed by atoms with Crippen molar-refractivity contribution in [2.24, 2.45) is 5.92 Å². The van der Waals surface area contributed by atoms with Crippen molar-refractivity contribution >= 4 is 16.8 Å². The fourth-order valence-corrected chi connectivity index (χ4v) is 3.46. The van der Waals surface area contributed by atoms with Gasteiger partial charge in [-0.3, -0.25) is 9.78 Å². The second-order valence-electron chi connectivity index (χ2n) is 6.62. The Balaban J connectivity index is 1.84. The Labute approximate surface area is 142 Å². The average Bonchev–Trinajstić information content (AvgIpc) is 2.97. The maximum absolute atomic E-state index is 12.8. The van der Waals surface area contributed by atoms with E-state index in [1.165, 1.54) is 0 Å². The van der Waals surface area contributed by atoms with Crippen LogP contribution in [0.25, 0.3) is 10.9 Å². The predicted molar refractivity (Wildman–Crippen MR) is 93.3 cm³/mol. The third kappa shape index (κ3) is 3.22. The molecule has 0 spiro atoms. The van der Waals surface area contributed by atoms with Gasteiger partial charge in [-0.25, -0.2) is 0 Å². The minimum atomic E-state index is -0.288. The number of aliphatic hydroxyl groups excluding tert-OH is 1. The number of carbonyl (C=O) groups is 1. The molecule has 24 heavy (non-hydrogen) atoms. The molecule has 2 unspecified atom stereocenters. The second kappa shape index (κ2) is 6.77. The van der Waals surface area contributed by atoms with Crippen LogP contribution < -0.4 is 4.74 Å². The lowest BCUT2D eigenvalue weighted by atomic mass is 10.0. The molecular weight excluding hydrogens is 304 g/mol. The number of benzene rings is 1. The van der Waals surface area contributed by atoms with Gasteiger partial charge in [-0.05, 0) is 38.0 Å². The summed E-state index contributed by atoms with van der Waals surface area (Å²) in [6.45, 7) is 2.44. The number of carbonyl (C=O) groups excluding carboxylic acids is 1. The fraction of sp³-hybridized carbons (Fsp3) is 0.474. The summed E-state index contributed by atoms with van der Waals surface area (Å²) in [6.07, 6.45) is 2.56. The topological polar surface area (TPSA) is 62.7 Å². The number of fused-ring (bicyclic) bond motifs is 1. The number of methoxy groups -OCH3 is 1. The van der Waals surface area contributed by atoms with Crippen LogP contribution in [0.2, 0.25) is 0 Å². The molecule has 128 valence electrons. The molecule has 1 aliphatic carbocycles. The zero-order valence-corrected chi connectivity index (χ0v) is 14.5. The number of rotatable bonds is 4. The van der Waals surface area contributed by atoms with Crippen molar-refractivity contribution in [3.05, 3.63) is 35.5 Å². The molecule has 5 heteroatoms. The van der Waals surface area contributed by atoms with E-state index in [2.05, 4.69) is 4.98 Å². The van der Waals surface area contributed by atoms with Gasteiger partial charge < -0.3 is 14.7 Å². The van der Waals surface area contributed by atoms with Gasteiger partial charge in [-0.1, -0.05) is 6.42 Å². The van der Waals surface area contributed by atoms with Crippen LogP contribution in [0.15, 0.2) is 24.3 Å². The number of pyridine rings is 1. The molecule has 1 amide bonds. The molecule has 0 saturated heterocycles. The summed E-state index contributed by atoms with van der Waals surface area (Å²) in [6, 6.07) is 7.54. The van der Waals surface area contributed by atoms with E-state index < -0.39 is 0 Å². The maximum atomic E-state index is 12.8. The molecule has 0 aliphatic heterocycles. The molecule has 1 fully saturated rings. The number of hydrogen-bond donors (Lipinski definition) is 1. The molecule has 3 rings (SSSR count). The first kappa shape index (κ1) is 16.7. The van der Waals surface area contributed by atoms with Gasteiger partial charge in [-0.15, -0.1) is 0 Å². The van der Waals surface area contributed by atoms with Crippen LogP contribution in [0.4, 0.5) is 0 Å². The van der Waals surface area contributed by atoms with Gasteiger partial charge in [-0.2, -0.15) is 0 Å². The van der Waals surface area contributed by atoms with Gasteiger partial charge in [0.25, 0.3) is 5.91 Å². The van der Waals surface area contributed by atoms with Crippen LogP contribution in [0.3, 0.4) is 0 Å². The molecule has 2 atom stereocenters. The normalized spacial score (nSPS) is 20.3. The molecule has 1 aromatic heterocycles. The quantitative estimate of drug-likeness (QED) is 0.937. The highest BCUT2D eigenvalue weighted by Gasteiger charge is 2.28. The number of ether oxygens (including phenoxy) is 1. The van der Waals surface area contributed by atoms with Crippen LogP contribution in [-0.2, 0) is 0 Å². The van der Waals surface area contributed by atoms with Crippen molar-refractivity contribution in [1.29, 1.82) is 0 Å². The molecule has 1 heterocycles. The fourth-order valence-electron chi connectivity index (χ4n) is 3.46. The van der Waals surface area contributed by atoms with Crippen molar-refractivity contribution in [3.8, 4) is 5.75 Å². The molecule has 0 bridgehead atoms. The zero-order valence-electron chi connectivity index (χ0n) is 14.5. The molecule has 1 saturated carbocycles. The van der Waals surface area contributed by atoms with Crippen LogP contribution >= 0.6 is 0 Å². The lowest BCUT2D eigenvalue weighted by molar-refractivity contribution is 0.0692. The Bertz CT molecular complexity index is 760. The Morgan fingerprint density at radius 3 is 2.83 bits per heavy atom. The highest BCUT2D eigenvalue weighted by Crippen LogP contribution is 2.27. The first-order valence-corrected chi connectivity index (χ1v) is 8.38. The summed E-state index contributed by atoms with van der Waals surface area (Å²) in [4.78, 5) is 19.1. The first-order chi connectivity index (χ1) is 11.5. The van der Waals surface area contributed by atoms with E-state index in [1.807, 2.05) is 31.2 Å². The lowest BCUT2D eigenvalue weighted by Crippen LogP contribution is -2.35. The highest BCUT2D eigenvalue weighted by atomic mass is 16.5. The number of nitrogens with zero attached hydrogens (tertiary/aromatic N) is 2. The van der Waals surface area contributed by atoms with E-state index in [0.717, 1.165) is 35.9 Å². The third-order valence-electron chi connectivity index (χ3n) is 4.92. The Hall–Kier alpha value is -2.14. The van der Waals surface area contributed by atoms with Crippen molar-refractivity contribution in [3.63, 3.8) is 0 Å². The summed E-state index contributed by atoms with van der Waals surface area (Å²) in [7, 11) is 3.42. The van der Waals surface area contributed by atoms with Gasteiger partial charge in [0.05, 0.1) is 30.0 Å². The van der Waals surface area contributed by atoms with E-state index in [1.54, 1.807) is 19.1 Å². The minimum Gasteiger partial charge on any atom is -0.497 e. The van der Waals surface area contributed by atoms with Crippen molar-refractivity contribution in [1.82, 2.24) is 9.88 Å². The van der Waals surface area contributed by atoms with Crippen molar-refractivity contribution in [2.75, 3.05) is 20.7 Å². The smallest absolute Gasteiger partial charge is 0.255 e. The van der Waals surface area contributed by atoms with Gasteiger partial charge in [0.1, 0.15) is 5.75 Å². The van der Waals surface area contributed by atoms with Gasteiger partial charge in [0.15, 0.2) is 0 Å². The zero-order chi connectivity index (χ0) is 17.3. The number of aryl methyl sites for hydroxylation is 1. The minimum absolute atomic E-state index is 0.0446. The number of aromatic nitrogens is 1. The first-order valence-electron chi connectivity index (χ1n) is 8.38. The summed E-state index contributed by atoms with van der Waals surface area (Å²) >= 11 is 0. The molecule has 2 aromatic rings. The standard InChI is InChI=1S/C19H24N2O3/c1-12-16(9-13-7-8-15(24-3)10-17(13)20-12)19(23)21(2)11-14-5-4-6-18(14)22/h7-10,14,18,22H,4-6,11H2,1-3H3. The predicted octanol–water partition coefficient (Wildman–Crippen LogP) is 2.78. The van der Waals surface area contributed by atoms with E-state index in [0.29, 0.717) is 17.8 Å². The Morgan fingerprint density at radius 2 is 2.17 bits per heavy atom. The monoisotopic (exact) mass is 328 g/mol. The Morgan fingerprint density at radius 1 is 1.38 bits per heavy atom. The summed E-state index contributed by atoms with van der Waals surface area (Å²) in [5.41, 5.74) is 2.14. The van der Waals surface area contributed by atoms with E-state index in [-0.39, 0.29) is 17.9 Å². The van der Waals surface area contributed by atoms with Gasteiger partial charge >= 0.3 is 0 Å². The van der Waals surface area contributed by atoms with E-state index in [4.69, 9.17) is 4.74 Å². The largest absolute Gasteiger partial charge is 0.497 e. The third-order valence-corrected chi connectivity index (χ3v) is 4.92. The summed E-state index contributed by atoms with van der Waals surface area (Å²) < 4.78 is 5.22. The SMILES string of the molecule is COc1ccc2cc(C(=O)N(C)CC3CCCC3O)c(C)nc2c1. The number of aliphatic hydroxyl groups is 1. The summed E-state index contributed by atoms with van der Waals surface area (Å²) in [5.74, 6) is 0.884. The van der Waals surface area contributed by atoms with Crippen LogP contribution in [0.5, 0.6) is 5.75 Å². The molecule has 5 nitrogen and oxygen atoms in total. The van der Waals surface area contributed by atoms with Crippen LogP contribution in [-0.4, -0.2) is 47.7 Å². The Kier molecular flexibility index (Phi) is 4.71. The summed E-state index contributed by atoms with van der Waals surface area (Å²) in [5, 5.41) is 10.9. The van der Waals surface area contributed by atoms with Crippen LogP contribution in [0.1, 0.15) is 35.3 Å². The highest BCUT2D eigenvalue weighted by molar-refractivity contribution is 5.98. The molecule has 0 radical (unpaired) electrons. The van der Waals surface area contributed by atoms with Crippen molar-refractivity contribution in [2.45, 2.75) is 32.3 Å². The molecule has 1 aliphatic rings. The van der Waals surface area contributed by atoms with Gasteiger partial charge in [0.2, 0.25) is 0 Å². The lowest BCUT2D eigenvalue weighted by Gasteiger charge is -2.24. The van der Waals surface area contributed by atoms with Gasteiger partial charge in [0, 0.05) is 31.0 Å². The number of hydrogen-bond acceptors (Lipinski definition) is 4.